The van der Waals surface area contributed by atoms with E-state index in [0.29, 0.717) is 6.42 Å². The third-order valence-electron chi connectivity index (χ3n) is 2.51. The number of hydrogen-bond acceptors (Lipinski definition) is 3. The Balaban J connectivity index is 2.01. The van der Waals surface area contributed by atoms with Gasteiger partial charge in [0.05, 0.1) is 12.3 Å². The van der Waals surface area contributed by atoms with Crippen molar-refractivity contribution in [2.45, 2.75) is 32.4 Å². The molecule has 0 bridgehead atoms. The molecule has 0 aliphatic carbocycles. The van der Waals surface area contributed by atoms with E-state index < -0.39 is 6.10 Å². The molecule has 2 heterocycles. The zero-order valence-electron chi connectivity index (χ0n) is 9.64. The van der Waals surface area contributed by atoms with E-state index in [1.807, 2.05) is 22.3 Å². The molecule has 1 N–H and O–H groups in total. The number of aliphatic hydroxyl groups is 1. The number of nitrogens with zero attached hydrogens (tertiary/aromatic N) is 2. The standard InChI is InChI=1S/C12H15BrN2OS/c1-2-3-15-7-9(6-14-15)12(16)5-11-4-10(13)8-17-11/h4,6-8,12,16H,2-3,5H2,1H3. The maximum absolute atomic E-state index is 10.1. The van der Waals surface area contributed by atoms with Crippen LogP contribution in [0.25, 0.3) is 0 Å². The van der Waals surface area contributed by atoms with E-state index in [4.69, 9.17) is 0 Å². The van der Waals surface area contributed by atoms with Crippen molar-refractivity contribution in [2.24, 2.45) is 0 Å². The highest BCUT2D eigenvalue weighted by Crippen LogP contribution is 2.25. The van der Waals surface area contributed by atoms with Crippen LogP contribution in [0.15, 0.2) is 28.3 Å². The van der Waals surface area contributed by atoms with Gasteiger partial charge in [-0.15, -0.1) is 11.3 Å². The summed E-state index contributed by atoms with van der Waals surface area (Å²) in [7, 11) is 0. The van der Waals surface area contributed by atoms with Crippen molar-refractivity contribution in [3.8, 4) is 0 Å². The molecule has 0 amide bonds. The molecule has 0 saturated heterocycles. The molecule has 0 radical (unpaired) electrons. The van der Waals surface area contributed by atoms with Gasteiger partial charge in [-0.1, -0.05) is 6.92 Å². The van der Waals surface area contributed by atoms with E-state index in [-0.39, 0.29) is 0 Å². The first-order valence-corrected chi connectivity index (χ1v) is 7.29. The Morgan fingerprint density at radius 3 is 3.06 bits per heavy atom. The van der Waals surface area contributed by atoms with Crippen LogP contribution in [0.3, 0.4) is 0 Å². The summed E-state index contributed by atoms with van der Waals surface area (Å²) in [5.74, 6) is 0. The molecule has 5 heteroatoms. The molecule has 2 rings (SSSR count). The summed E-state index contributed by atoms with van der Waals surface area (Å²) in [4.78, 5) is 1.17. The lowest BCUT2D eigenvalue weighted by Crippen LogP contribution is -2.00. The maximum Gasteiger partial charge on any atom is 0.0868 e. The fourth-order valence-electron chi connectivity index (χ4n) is 1.67. The molecule has 0 saturated carbocycles. The Bertz CT molecular complexity index is 480. The Kier molecular flexibility index (Phi) is 4.36. The Labute approximate surface area is 113 Å². The molecule has 2 aromatic rings. The summed E-state index contributed by atoms with van der Waals surface area (Å²) in [5, 5.41) is 16.4. The monoisotopic (exact) mass is 314 g/mol. The van der Waals surface area contributed by atoms with Gasteiger partial charge in [-0.3, -0.25) is 4.68 Å². The SMILES string of the molecule is CCCn1cc(C(O)Cc2cc(Br)cs2)cn1. The molecular formula is C12H15BrN2OS. The van der Waals surface area contributed by atoms with Crippen LogP contribution in [0, 0.1) is 0 Å². The first kappa shape index (κ1) is 12.8. The van der Waals surface area contributed by atoms with Gasteiger partial charge in [0.15, 0.2) is 0 Å². The third kappa shape index (κ3) is 3.40. The molecule has 0 aliphatic heterocycles. The van der Waals surface area contributed by atoms with Crippen molar-refractivity contribution in [2.75, 3.05) is 0 Å². The number of thiophene rings is 1. The minimum atomic E-state index is -0.467. The van der Waals surface area contributed by atoms with Gasteiger partial charge in [0.25, 0.3) is 0 Å². The van der Waals surface area contributed by atoms with Crippen molar-refractivity contribution in [3.63, 3.8) is 0 Å². The first-order chi connectivity index (χ1) is 8.19. The predicted octanol–water partition coefficient (Wildman–Crippen LogP) is 3.39. The lowest BCUT2D eigenvalue weighted by atomic mass is 10.1. The number of hydrogen-bond donors (Lipinski definition) is 1. The average molecular weight is 315 g/mol. The van der Waals surface area contributed by atoms with Crippen molar-refractivity contribution >= 4 is 27.3 Å². The molecule has 2 aromatic heterocycles. The van der Waals surface area contributed by atoms with Crippen LogP contribution < -0.4 is 0 Å². The minimum absolute atomic E-state index is 0.467. The van der Waals surface area contributed by atoms with Gasteiger partial charge in [-0.05, 0) is 28.4 Å². The molecule has 0 aromatic carbocycles. The van der Waals surface area contributed by atoms with E-state index in [1.165, 1.54) is 4.88 Å². The van der Waals surface area contributed by atoms with Crippen LogP contribution >= 0.6 is 27.3 Å². The lowest BCUT2D eigenvalue weighted by molar-refractivity contribution is 0.179. The smallest absolute Gasteiger partial charge is 0.0868 e. The van der Waals surface area contributed by atoms with E-state index >= 15 is 0 Å². The minimum Gasteiger partial charge on any atom is -0.388 e. The topological polar surface area (TPSA) is 38.0 Å². The van der Waals surface area contributed by atoms with Crippen LogP contribution in [0.5, 0.6) is 0 Å². The first-order valence-electron chi connectivity index (χ1n) is 5.62. The Morgan fingerprint density at radius 1 is 1.59 bits per heavy atom. The van der Waals surface area contributed by atoms with Gasteiger partial charge in [-0.25, -0.2) is 0 Å². The number of aryl methyl sites for hydroxylation is 1. The second-order valence-electron chi connectivity index (χ2n) is 3.99. The van der Waals surface area contributed by atoms with Crippen LogP contribution in [0.1, 0.15) is 29.9 Å². The van der Waals surface area contributed by atoms with Crippen molar-refractivity contribution in [1.29, 1.82) is 0 Å². The van der Waals surface area contributed by atoms with E-state index in [1.54, 1.807) is 17.5 Å². The number of halogens is 1. The highest BCUT2D eigenvalue weighted by atomic mass is 79.9. The number of rotatable bonds is 5. The molecule has 1 unspecified atom stereocenters. The molecule has 92 valence electrons. The quantitative estimate of drug-likeness (QED) is 0.918. The molecule has 3 nitrogen and oxygen atoms in total. The lowest BCUT2D eigenvalue weighted by Gasteiger charge is -2.05. The van der Waals surface area contributed by atoms with E-state index in [2.05, 4.69) is 28.0 Å². The molecule has 17 heavy (non-hydrogen) atoms. The van der Waals surface area contributed by atoms with Crippen LogP contribution in [-0.4, -0.2) is 14.9 Å². The summed E-state index contributed by atoms with van der Waals surface area (Å²) in [5.41, 5.74) is 0.892. The fraction of sp³-hybridized carbons (Fsp3) is 0.417. The van der Waals surface area contributed by atoms with Crippen LogP contribution in [0.2, 0.25) is 0 Å². The zero-order chi connectivity index (χ0) is 12.3. The summed E-state index contributed by atoms with van der Waals surface area (Å²) in [6.45, 7) is 3.01. The largest absolute Gasteiger partial charge is 0.388 e. The van der Waals surface area contributed by atoms with E-state index in [9.17, 15) is 5.11 Å². The third-order valence-corrected chi connectivity index (χ3v) is 4.23. The second-order valence-corrected chi connectivity index (χ2v) is 5.90. The van der Waals surface area contributed by atoms with E-state index in [0.717, 1.165) is 23.0 Å². The number of aliphatic hydroxyl groups excluding tert-OH is 1. The Morgan fingerprint density at radius 2 is 2.41 bits per heavy atom. The summed E-state index contributed by atoms with van der Waals surface area (Å²) in [6, 6.07) is 2.05. The highest BCUT2D eigenvalue weighted by molar-refractivity contribution is 9.10. The Hall–Kier alpha value is -0.650. The van der Waals surface area contributed by atoms with Gasteiger partial charge in [0.1, 0.15) is 0 Å². The second kappa shape index (κ2) is 5.80. The zero-order valence-corrected chi connectivity index (χ0v) is 12.0. The van der Waals surface area contributed by atoms with Crippen LogP contribution in [-0.2, 0) is 13.0 Å². The van der Waals surface area contributed by atoms with Gasteiger partial charge in [-0.2, -0.15) is 5.10 Å². The normalized spacial score (nSPS) is 12.9. The summed E-state index contributed by atoms with van der Waals surface area (Å²) in [6.07, 6.45) is 4.91. The summed E-state index contributed by atoms with van der Waals surface area (Å²) >= 11 is 5.07. The van der Waals surface area contributed by atoms with Crippen molar-refractivity contribution < 1.29 is 5.11 Å². The molecular weight excluding hydrogens is 300 g/mol. The van der Waals surface area contributed by atoms with Gasteiger partial charge in [0.2, 0.25) is 0 Å². The van der Waals surface area contributed by atoms with Crippen molar-refractivity contribution in [3.05, 3.63) is 38.8 Å². The highest BCUT2D eigenvalue weighted by Gasteiger charge is 2.12. The molecule has 0 fully saturated rings. The molecule has 0 spiro atoms. The summed E-state index contributed by atoms with van der Waals surface area (Å²) < 4.78 is 2.95. The van der Waals surface area contributed by atoms with Gasteiger partial charge in [0, 0.05) is 39.5 Å². The maximum atomic E-state index is 10.1. The van der Waals surface area contributed by atoms with Crippen LogP contribution in [0.4, 0.5) is 0 Å². The van der Waals surface area contributed by atoms with Gasteiger partial charge >= 0.3 is 0 Å². The number of aromatic nitrogens is 2. The molecule has 1 atom stereocenters. The van der Waals surface area contributed by atoms with Gasteiger partial charge < -0.3 is 5.11 Å². The fourth-order valence-corrected chi connectivity index (χ4v) is 3.16. The molecule has 0 aliphatic rings. The average Bonchev–Trinajstić information content (AvgIpc) is 2.88. The van der Waals surface area contributed by atoms with Crippen molar-refractivity contribution in [1.82, 2.24) is 9.78 Å². The predicted molar refractivity (Wildman–Crippen MR) is 73.2 cm³/mol.